The van der Waals surface area contributed by atoms with Crippen LogP contribution in [0.15, 0.2) is 12.3 Å². The van der Waals surface area contributed by atoms with E-state index in [9.17, 15) is 4.39 Å². The molecule has 2 aromatic rings. The van der Waals surface area contributed by atoms with Crippen LogP contribution in [-0.4, -0.2) is 33.4 Å². The van der Waals surface area contributed by atoms with Crippen LogP contribution >= 0.6 is 0 Å². The van der Waals surface area contributed by atoms with Gasteiger partial charge in [0.15, 0.2) is 5.69 Å². The standard InChI is InChI=1S/C13H13FN6O/c1-21-12-11(14)7-16-13(17-12)19-3-2-4-20-10(8-19)5-9(6-15)18-20/h5,7H,2-4,8H2,1H3. The summed E-state index contributed by atoms with van der Waals surface area (Å²) in [5.74, 6) is -0.259. The lowest BCUT2D eigenvalue weighted by Gasteiger charge is -2.19. The Hall–Kier alpha value is -2.69. The molecule has 0 unspecified atom stereocenters. The Morgan fingerprint density at radius 2 is 2.29 bits per heavy atom. The van der Waals surface area contributed by atoms with Crippen LogP contribution in [-0.2, 0) is 13.1 Å². The molecule has 7 nitrogen and oxygen atoms in total. The minimum absolute atomic E-state index is 0.0736. The van der Waals surface area contributed by atoms with E-state index in [0.717, 1.165) is 31.4 Å². The molecule has 0 fully saturated rings. The van der Waals surface area contributed by atoms with Gasteiger partial charge in [-0.15, -0.1) is 0 Å². The molecule has 0 atom stereocenters. The molecule has 8 heteroatoms. The number of halogens is 1. The molecule has 108 valence electrons. The van der Waals surface area contributed by atoms with Crippen molar-refractivity contribution in [2.24, 2.45) is 0 Å². The Kier molecular flexibility index (Phi) is 3.39. The van der Waals surface area contributed by atoms with Gasteiger partial charge in [0.1, 0.15) is 6.07 Å². The number of aromatic nitrogens is 4. The van der Waals surface area contributed by atoms with Crippen molar-refractivity contribution >= 4 is 5.95 Å². The van der Waals surface area contributed by atoms with Gasteiger partial charge in [0.05, 0.1) is 25.5 Å². The summed E-state index contributed by atoms with van der Waals surface area (Å²) >= 11 is 0. The maximum atomic E-state index is 13.4. The molecule has 0 saturated carbocycles. The lowest BCUT2D eigenvalue weighted by Crippen LogP contribution is -2.25. The zero-order valence-corrected chi connectivity index (χ0v) is 11.5. The first-order valence-electron chi connectivity index (χ1n) is 6.49. The average molecular weight is 288 g/mol. The summed E-state index contributed by atoms with van der Waals surface area (Å²) < 4.78 is 20.1. The molecule has 21 heavy (non-hydrogen) atoms. The van der Waals surface area contributed by atoms with Crippen molar-refractivity contribution in [2.45, 2.75) is 19.5 Å². The van der Waals surface area contributed by atoms with Crippen molar-refractivity contribution in [1.29, 1.82) is 5.26 Å². The molecular formula is C13H13FN6O. The van der Waals surface area contributed by atoms with E-state index in [2.05, 4.69) is 15.1 Å². The van der Waals surface area contributed by atoms with Crippen molar-refractivity contribution in [2.75, 3.05) is 18.6 Å². The van der Waals surface area contributed by atoms with Crippen LogP contribution in [0.3, 0.4) is 0 Å². The van der Waals surface area contributed by atoms with Crippen molar-refractivity contribution in [3.05, 3.63) is 29.5 Å². The first kappa shape index (κ1) is 13.3. The highest BCUT2D eigenvalue weighted by Gasteiger charge is 2.20. The Balaban J connectivity index is 1.91. The number of nitriles is 1. The highest BCUT2D eigenvalue weighted by Crippen LogP contribution is 2.21. The lowest BCUT2D eigenvalue weighted by atomic mass is 10.3. The Morgan fingerprint density at radius 3 is 3.05 bits per heavy atom. The van der Waals surface area contributed by atoms with E-state index < -0.39 is 5.82 Å². The van der Waals surface area contributed by atoms with E-state index in [0.29, 0.717) is 18.2 Å². The van der Waals surface area contributed by atoms with Crippen LogP contribution in [0.4, 0.5) is 10.3 Å². The Labute approximate surface area is 120 Å². The first-order chi connectivity index (χ1) is 10.2. The molecule has 1 aliphatic rings. The average Bonchev–Trinajstić information content (AvgIpc) is 2.79. The smallest absolute Gasteiger partial charge is 0.255 e. The first-order valence-corrected chi connectivity index (χ1v) is 6.49. The summed E-state index contributed by atoms with van der Waals surface area (Å²) in [4.78, 5) is 10.0. The maximum absolute atomic E-state index is 13.4. The van der Waals surface area contributed by atoms with Gasteiger partial charge in [-0.25, -0.2) is 4.98 Å². The van der Waals surface area contributed by atoms with Gasteiger partial charge in [0.25, 0.3) is 5.88 Å². The molecule has 0 N–H and O–H groups in total. The summed E-state index contributed by atoms with van der Waals surface area (Å²) in [5.41, 5.74) is 1.31. The molecule has 3 rings (SSSR count). The fourth-order valence-electron chi connectivity index (χ4n) is 2.33. The number of fused-ring (bicyclic) bond motifs is 1. The van der Waals surface area contributed by atoms with Crippen LogP contribution < -0.4 is 9.64 Å². The maximum Gasteiger partial charge on any atom is 0.255 e. The SMILES string of the molecule is COc1nc(N2CCCn3nc(C#N)cc3C2)ncc1F. The van der Waals surface area contributed by atoms with Crippen LogP contribution in [0, 0.1) is 17.1 Å². The predicted molar refractivity (Wildman–Crippen MR) is 71.2 cm³/mol. The normalized spacial score (nSPS) is 14.2. The fraction of sp³-hybridized carbons (Fsp3) is 0.385. The highest BCUT2D eigenvalue weighted by molar-refractivity contribution is 5.35. The van der Waals surface area contributed by atoms with Crippen LogP contribution in [0.5, 0.6) is 5.88 Å². The van der Waals surface area contributed by atoms with E-state index in [1.807, 2.05) is 15.7 Å². The van der Waals surface area contributed by atoms with Gasteiger partial charge >= 0.3 is 0 Å². The number of rotatable bonds is 2. The number of nitrogens with zero attached hydrogens (tertiary/aromatic N) is 6. The third-order valence-corrected chi connectivity index (χ3v) is 3.30. The van der Waals surface area contributed by atoms with E-state index >= 15 is 0 Å². The van der Waals surface area contributed by atoms with Gasteiger partial charge in [-0.05, 0) is 12.5 Å². The molecule has 0 aromatic carbocycles. The van der Waals surface area contributed by atoms with Crippen molar-refractivity contribution in [3.8, 4) is 11.9 Å². The fourth-order valence-corrected chi connectivity index (χ4v) is 2.33. The second kappa shape index (κ2) is 5.36. The van der Waals surface area contributed by atoms with Gasteiger partial charge in [-0.1, -0.05) is 0 Å². The molecule has 0 radical (unpaired) electrons. The van der Waals surface area contributed by atoms with Gasteiger partial charge in [-0.2, -0.15) is 19.7 Å². The quantitative estimate of drug-likeness (QED) is 0.823. The topological polar surface area (TPSA) is 79.9 Å². The van der Waals surface area contributed by atoms with E-state index in [-0.39, 0.29) is 5.88 Å². The van der Waals surface area contributed by atoms with Gasteiger partial charge < -0.3 is 9.64 Å². The molecule has 0 amide bonds. The van der Waals surface area contributed by atoms with E-state index in [1.54, 1.807) is 6.07 Å². The number of hydrogen-bond donors (Lipinski definition) is 0. The van der Waals surface area contributed by atoms with Crippen molar-refractivity contribution in [1.82, 2.24) is 19.7 Å². The number of aryl methyl sites for hydroxylation is 1. The molecule has 1 aliphatic heterocycles. The van der Waals surface area contributed by atoms with E-state index in [4.69, 9.17) is 10.00 Å². The molecular weight excluding hydrogens is 275 g/mol. The van der Waals surface area contributed by atoms with Crippen molar-refractivity contribution in [3.63, 3.8) is 0 Å². The van der Waals surface area contributed by atoms with Crippen LogP contribution in [0.1, 0.15) is 17.8 Å². The van der Waals surface area contributed by atoms with Gasteiger partial charge in [-0.3, -0.25) is 4.68 Å². The summed E-state index contributed by atoms with van der Waals surface area (Å²) in [6.07, 6.45) is 1.94. The Bertz CT molecular complexity index is 707. The number of anilines is 1. The summed E-state index contributed by atoms with van der Waals surface area (Å²) in [5, 5.41) is 13.1. The predicted octanol–water partition coefficient (Wildman–Crippen LogP) is 1.10. The zero-order chi connectivity index (χ0) is 14.8. The Morgan fingerprint density at radius 1 is 1.43 bits per heavy atom. The molecule has 0 aliphatic carbocycles. The third-order valence-electron chi connectivity index (χ3n) is 3.30. The van der Waals surface area contributed by atoms with Gasteiger partial charge in [0.2, 0.25) is 11.8 Å². The van der Waals surface area contributed by atoms with Crippen LogP contribution in [0.25, 0.3) is 0 Å². The molecule has 0 bridgehead atoms. The summed E-state index contributed by atoms with van der Waals surface area (Å²) in [7, 11) is 1.37. The summed E-state index contributed by atoms with van der Waals surface area (Å²) in [6, 6.07) is 3.78. The van der Waals surface area contributed by atoms with Gasteiger partial charge in [0, 0.05) is 13.1 Å². The third kappa shape index (κ3) is 2.50. The highest BCUT2D eigenvalue weighted by atomic mass is 19.1. The minimum Gasteiger partial charge on any atom is -0.479 e. The second-order valence-electron chi connectivity index (χ2n) is 4.66. The van der Waals surface area contributed by atoms with E-state index in [1.165, 1.54) is 7.11 Å². The number of methoxy groups -OCH3 is 1. The van der Waals surface area contributed by atoms with Crippen LogP contribution in [0.2, 0.25) is 0 Å². The minimum atomic E-state index is -0.590. The molecule has 0 spiro atoms. The molecule has 3 heterocycles. The zero-order valence-electron chi connectivity index (χ0n) is 11.5. The monoisotopic (exact) mass is 288 g/mol. The second-order valence-corrected chi connectivity index (χ2v) is 4.66. The molecule has 0 saturated heterocycles. The van der Waals surface area contributed by atoms with Crippen molar-refractivity contribution < 1.29 is 9.13 Å². The lowest BCUT2D eigenvalue weighted by molar-refractivity contribution is 0.367. The summed E-state index contributed by atoms with van der Waals surface area (Å²) in [6.45, 7) is 1.97. The number of hydrogen-bond acceptors (Lipinski definition) is 6. The molecule has 2 aromatic heterocycles. The largest absolute Gasteiger partial charge is 0.479 e. The number of ether oxygens (including phenoxy) is 1.